The molecule has 39 heavy (non-hydrogen) atoms. The Balaban J connectivity index is 0.000000183. The van der Waals surface area contributed by atoms with E-state index in [1.54, 1.807) is 13.8 Å². The summed E-state index contributed by atoms with van der Waals surface area (Å²) in [7, 11) is 0. The van der Waals surface area contributed by atoms with Crippen molar-refractivity contribution in [2.24, 2.45) is 11.5 Å². The topological polar surface area (TPSA) is 280 Å². The quantitative estimate of drug-likeness (QED) is 0.170. The van der Waals surface area contributed by atoms with Crippen LogP contribution in [0.2, 0.25) is 0 Å². The Kier molecular flexibility index (Phi) is 7.83. The van der Waals surface area contributed by atoms with Crippen molar-refractivity contribution in [3.05, 3.63) is 24.0 Å². The predicted octanol–water partition coefficient (Wildman–Crippen LogP) is -3.60. The van der Waals surface area contributed by atoms with Crippen molar-refractivity contribution in [2.75, 3.05) is 13.2 Å². The van der Waals surface area contributed by atoms with Crippen molar-refractivity contribution in [2.45, 2.75) is 68.7 Å². The summed E-state index contributed by atoms with van der Waals surface area (Å²) in [4.78, 5) is 29.4. The molecule has 18 heteroatoms. The van der Waals surface area contributed by atoms with Crippen LogP contribution >= 0.6 is 0 Å². The van der Waals surface area contributed by atoms with E-state index in [1.165, 1.54) is 10.9 Å². The Hall–Kier alpha value is -3.36. The number of hydrogen-bond acceptors (Lipinski definition) is 14. The van der Waals surface area contributed by atoms with Crippen LogP contribution in [-0.2, 0) is 18.9 Å². The van der Waals surface area contributed by atoms with Gasteiger partial charge < -0.3 is 61.1 Å². The van der Waals surface area contributed by atoms with Crippen LogP contribution < -0.4 is 11.5 Å². The molecule has 0 radical (unpaired) electrons. The van der Waals surface area contributed by atoms with Crippen LogP contribution in [0.4, 0.5) is 0 Å². The first-order valence-corrected chi connectivity index (χ1v) is 11.7. The van der Waals surface area contributed by atoms with Gasteiger partial charge >= 0.3 is 0 Å². The molecular formula is C21H30N6O12. The average molecular weight is 559 g/mol. The smallest absolute Gasteiger partial charge is 0.272 e. The van der Waals surface area contributed by atoms with E-state index in [1.807, 2.05) is 0 Å². The van der Waals surface area contributed by atoms with Gasteiger partial charge in [0.15, 0.2) is 29.6 Å². The van der Waals surface area contributed by atoms with Crippen molar-refractivity contribution in [1.29, 1.82) is 0 Å². The fraction of sp³-hybridized carbons (Fsp3) is 0.619. The highest BCUT2D eigenvalue weighted by Crippen LogP contribution is 2.44. The second-order valence-electron chi connectivity index (χ2n) is 9.42. The van der Waals surface area contributed by atoms with E-state index in [4.69, 9.17) is 35.5 Å². The first-order valence-electron chi connectivity index (χ1n) is 11.7. The monoisotopic (exact) mass is 558 g/mol. The molecule has 3 fully saturated rings. The second kappa shape index (κ2) is 10.7. The van der Waals surface area contributed by atoms with Crippen LogP contribution in [0.15, 0.2) is 12.7 Å². The summed E-state index contributed by atoms with van der Waals surface area (Å²) in [5, 5.41) is 57.3. The summed E-state index contributed by atoms with van der Waals surface area (Å²) in [6, 6.07) is 0. The zero-order valence-electron chi connectivity index (χ0n) is 20.8. The summed E-state index contributed by atoms with van der Waals surface area (Å²) in [5.74, 6) is -3.58. The van der Waals surface area contributed by atoms with E-state index in [0.717, 1.165) is 10.9 Å². The first-order chi connectivity index (χ1) is 18.3. The van der Waals surface area contributed by atoms with Crippen molar-refractivity contribution in [3.8, 4) is 11.8 Å². The van der Waals surface area contributed by atoms with Crippen molar-refractivity contribution >= 4 is 11.8 Å². The van der Waals surface area contributed by atoms with E-state index in [-0.39, 0.29) is 18.0 Å². The third-order valence-electron chi connectivity index (χ3n) is 6.37. The van der Waals surface area contributed by atoms with Crippen molar-refractivity contribution in [1.82, 2.24) is 19.1 Å². The number of aromatic nitrogens is 4. The normalized spacial score (nSPS) is 33.0. The van der Waals surface area contributed by atoms with Crippen molar-refractivity contribution < 1.29 is 59.2 Å². The van der Waals surface area contributed by atoms with Crippen molar-refractivity contribution in [3.63, 3.8) is 0 Å². The molecular weight excluding hydrogens is 528 g/mol. The van der Waals surface area contributed by atoms with Gasteiger partial charge in [0.05, 0.1) is 13.2 Å². The van der Waals surface area contributed by atoms with Gasteiger partial charge in [-0.3, -0.25) is 18.7 Å². The molecule has 3 aliphatic rings. The molecule has 216 valence electrons. The molecule has 10 N–H and O–H groups in total. The molecule has 5 rings (SSSR count). The van der Waals surface area contributed by atoms with Crippen LogP contribution in [0.25, 0.3) is 0 Å². The number of rotatable bonds is 6. The summed E-state index contributed by atoms with van der Waals surface area (Å²) < 4.78 is 24.5. The Bertz CT molecular complexity index is 1220. The maximum absolute atomic E-state index is 11.2. The van der Waals surface area contributed by atoms with Gasteiger partial charge in [0.25, 0.3) is 11.8 Å². The third kappa shape index (κ3) is 5.15. The lowest BCUT2D eigenvalue weighted by molar-refractivity contribution is -0.200. The molecule has 0 bridgehead atoms. The standard InChI is InChI=1S/C12H17N3O6.C9H13N3O6/c1-12(2)20-7-5(3-16)19-11(8(7)21-12)15-4-14-6(9(13)17)10(15)18;10-7(16)4-8(17)12(2-11-4)9-6(15)5(14)3(1-13)18-9/h4-5,7-8,11,16,18H,3H2,1-2H3,(H2,13,17);2-3,5-6,9,13-15,17H,1H2,(H2,10,16)/t5-,7?,8-,11-;3-,5?,6-,9-/m11/s1. The van der Waals surface area contributed by atoms with Gasteiger partial charge in [-0.1, -0.05) is 0 Å². The highest BCUT2D eigenvalue weighted by atomic mass is 16.8. The SMILES string of the molecule is CC1(C)OC2[C@@H](O1)[C@H](n1cnc(C(N)=O)c1O)O[C@@H]2CO.NC(=O)c1ncn([C@@H]2O[C@H](CO)C(O)[C@H]2O)c1O. The number of fused-ring (bicyclic) bond motifs is 1. The highest BCUT2D eigenvalue weighted by molar-refractivity contribution is 5.93. The van der Waals surface area contributed by atoms with E-state index in [0.29, 0.717) is 0 Å². The zero-order chi connectivity index (χ0) is 28.8. The van der Waals surface area contributed by atoms with Gasteiger partial charge in [-0.25, -0.2) is 9.97 Å². The number of carbonyl (C=O) groups is 2. The Labute approximate surface area is 219 Å². The van der Waals surface area contributed by atoms with Gasteiger partial charge in [0, 0.05) is 0 Å². The van der Waals surface area contributed by atoms with Crippen LogP contribution in [0.1, 0.15) is 47.3 Å². The lowest BCUT2D eigenvalue weighted by atomic mass is 10.1. The molecule has 0 aromatic carbocycles. The minimum absolute atomic E-state index is 0.249. The van der Waals surface area contributed by atoms with E-state index >= 15 is 0 Å². The molecule has 3 saturated heterocycles. The van der Waals surface area contributed by atoms with E-state index < -0.39 is 85.0 Å². The summed E-state index contributed by atoms with van der Waals surface area (Å²) in [6.07, 6.45) is -4.91. The van der Waals surface area contributed by atoms with Gasteiger partial charge in [-0.2, -0.15) is 0 Å². The predicted molar refractivity (Wildman–Crippen MR) is 123 cm³/mol. The molecule has 0 spiro atoms. The van der Waals surface area contributed by atoms with Crippen LogP contribution in [0.3, 0.4) is 0 Å². The fourth-order valence-electron chi connectivity index (χ4n) is 4.57. The molecule has 0 saturated carbocycles. The summed E-state index contributed by atoms with van der Waals surface area (Å²) in [6.45, 7) is 2.75. The number of amides is 2. The van der Waals surface area contributed by atoms with E-state index in [9.17, 15) is 35.1 Å². The number of primary amides is 2. The third-order valence-corrected chi connectivity index (χ3v) is 6.37. The molecule has 18 nitrogen and oxygen atoms in total. The number of nitrogens with two attached hydrogens (primary N) is 2. The summed E-state index contributed by atoms with van der Waals surface area (Å²) >= 11 is 0. The molecule has 2 aromatic rings. The number of ether oxygens (including phenoxy) is 4. The maximum Gasteiger partial charge on any atom is 0.272 e. The molecule has 2 unspecified atom stereocenters. The number of aliphatic hydroxyl groups is 4. The van der Waals surface area contributed by atoms with Crippen LogP contribution in [-0.4, -0.2) is 117 Å². The Morgan fingerprint density at radius 3 is 1.74 bits per heavy atom. The Morgan fingerprint density at radius 1 is 0.846 bits per heavy atom. The fourth-order valence-corrected chi connectivity index (χ4v) is 4.57. The van der Waals surface area contributed by atoms with Gasteiger partial charge in [0.2, 0.25) is 11.8 Å². The van der Waals surface area contributed by atoms with Gasteiger partial charge in [0.1, 0.15) is 49.3 Å². The molecule has 8 atom stereocenters. The lowest BCUT2D eigenvalue weighted by Gasteiger charge is -2.24. The Morgan fingerprint density at radius 2 is 1.31 bits per heavy atom. The highest BCUT2D eigenvalue weighted by Gasteiger charge is 2.56. The summed E-state index contributed by atoms with van der Waals surface area (Å²) in [5.41, 5.74) is 9.48. The maximum atomic E-state index is 11.2. The molecule has 3 aliphatic heterocycles. The lowest BCUT2D eigenvalue weighted by Crippen LogP contribution is -2.33. The van der Waals surface area contributed by atoms with E-state index in [2.05, 4.69) is 9.97 Å². The van der Waals surface area contributed by atoms with Crippen LogP contribution in [0.5, 0.6) is 11.8 Å². The first kappa shape index (κ1) is 28.6. The van der Waals surface area contributed by atoms with Gasteiger partial charge in [-0.05, 0) is 13.8 Å². The molecule has 5 heterocycles. The number of hydrogen-bond donors (Lipinski definition) is 8. The number of imidazole rings is 2. The molecule has 2 aromatic heterocycles. The number of aromatic hydroxyl groups is 2. The minimum atomic E-state index is -1.37. The van der Waals surface area contributed by atoms with Gasteiger partial charge in [-0.15, -0.1) is 0 Å². The largest absolute Gasteiger partial charge is 0.493 e. The molecule has 0 aliphatic carbocycles. The number of aliphatic hydroxyl groups excluding tert-OH is 4. The van der Waals surface area contributed by atoms with Crippen LogP contribution in [0, 0.1) is 0 Å². The molecule has 2 amide bonds. The second-order valence-corrected chi connectivity index (χ2v) is 9.42. The number of carbonyl (C=O) groups excluding carboxylic acids is 2. The number of nitrogens with zero attached hydrogens (tertiary/aromatic N) is 4. The average Bonchev–Trinajstić information content (AvgIpc) is 3.64. The zero-order valence-corrected chi connectivity index (χ0v) is 20.8. The minimum Gasteiger partial charge on any atom is -0.493 e.